The summed E-state index contributed by atoms with van der Waals surface area (Å²) in [5.41, 5.74) is 0. The predicted octanol–water partition coefficient (Wildman–Crippen LogP) is 1.64. The van der Waals surface area contributed by atoms with Crippen LogP contribution in [-0.4, -0.2) is 36.8 Å². The van der Waals surface area contributed by atoms with Crippen molar-refractivity contribution in [2.45, 2.75) is 0 Å². The molecule has 0 unspecified atom stereocenters. The van der Waals surface area contributed by atoms with Crippen molar-refractivity contribution in [1.82, 2.24) is 4.90 Å². The Morgan fingerprint density at radius 3 is 2.20 bits per heavy atom. The van der Waals surface area contributed by atoms with Crippen LogP contribution < -0.4 is 0 Å². The topological polar surface area (TPSA) is 3.24 Å². The predicted molar refractivity (Wildman–Crippen MR) is 45.9 cm³/mol. The maximum absolute atomic E-state index is 5.72. The Kier molecular flexibility index (Phi) is 3.28. The van der Waals surface area contributed by atoms with Crippen molar-refractivity contribution < 1.29 is 0 Å². The third-order valence-electron chi connectivity index (χ3n) is 2.16. The summed E-state index contributed by atoms with van der Waals surface area (Å²) in [5.74, 6) is 2.70. The fourth-order valence-corrected chi connectivity index (χ4v) is 2.17. The van der Waals surface area contributed by atoms with E-state index >= 15 is 0 Å². The Morgan fingerprint density at radius 2 is 1.90 bits per heavy atom. The molecule has 60 valence electrons. The van der Waals surface area contributed by atoms with Crippen molar-refractivity contribution in [3.63, 3.8) is 0 Å². The molecule has 0 saturated carbocycles. The molecule has 0 aliphatic carbocycles. The molecule has 1 aliphatic rings. The lowest BCUT2D eigenvalue weighted by Crippen LogP contribution is -2.48. The average Bonchev–Trinajstić information content (AvgIpc) is 1.87. The van der Waals surface area contributed by atoms with E-state index in [0.29, 0.717) is 17.7 Å². The van der Waals surface area contributed by atoms with E-state index in [2.05, 4.69) is 11.9 Å². The summed E-state index contributed by atoms with van der Waals surface area (Å²) in [7, 11) is 2.12. The normalized spacial score (nSPS) is 21.6. The Bertz CT molecular complexity index is 97.8. The van der Waals surface area contributed by atoms with E-state index in [1.807, 2.05) is 0 Å². The van der Waals surface area contributed by atoms with Gasteiger partial charge in [-0.2, -0.15) is 0 Å². The molecule has 0 atom stereocenters. The van der Waals surface area contributed by atoms with Gasteiger partial charge >= 0.3 is 0 Å². The van der Waals surface area contributed by atoms with Gasteiger partial charge in [0.2, 0.25) is 0 Å². The summed E-state index contributed by atoms with van der Waals surface area (Å²) in [5, 5.41) is 0. The highest BCUT2D eigenvalue weighted by molar-refractivity contribution is 6.20. The van der Waals surface area contributed by atoms with E-state index in [9.17, 15) is 0 Å². The molecule has 3 heteroatoms. The highest BCUT2D eigenvalue weighted by Crippen LogP contribution is 2.24. The Hall–Kier alpha value is 0.540. The van der Waals surface area contributed by atoms with Crippen LogP contribution in [0.3, 0.4) is 0 Å². The zero-order chi connectivity index (χ0) is 7.56. The van der Waals surface area contributed by atoms with Crippen LogP contribution in [0.2, 0.25) is 0 Å². The van der Waals surface area contributed by atoms with Gasteiger partial charge in [0.25, 0.3) is 0 Å². The molecule has 10 heavy (non-hydrogen) atoms. The van der Waals surface area contributed by atoms with Gasteiger partial charge in [-0.1, -0.05) is 0 Å². The van der Waals surface area contributed by atoms with Crippen LogP contribution in [0.25, 0.3) is 0 Å². The van der Waals surface area contributed by atoms with Gasteiger partial charge in [0.1, 0.15) is 0 Å². The van der Waals surface area contributed by atoms with Crippen molar-refractivity contribution in [3.05, 3.63) is 0 Å². The summed E-state index contributed by atoms with van der Waals surface area (Å²) in [6.45, 7) is 2.34. The van der Waals surface area contributed by atoms with E-state index in [1.54, 1.807) is 0 Å². The highest BCUT2D eigenvalue weighted by atomic mass is 35.5. The van der Waals surface area contributed by atoms with Crippen molar-refractivity contribution in [2.75, 3.05) is 31.9 Å². The Balaban J connectivity index is 2.21. The van der Waals surface area contributed by atoms with Crippen LogP contribution in [0.5, 0.6) is 0 Å². The van der Waals surface area contributed by atoms with Gasteiger partial charge in [-0.15, -0.1) is 23.2 Å². The molecule has 1 nitrogen and oxygen atoms in total. The minimum Gasteiger partial charge on any atom is -0.306 e. The first-order valence-electron chi connectivity index (χ1n) is 3.58. The summed E-state index contributed by atoms with van der Waals surface area (Å²) in [6, 6.07) is 0. The summed E-state index contributed by atoms with van der Waals surface area (Å²) >= 11 is 11.4. The van der Waals surface area contributed by atoms with Gasteiger partial charge < -0.3 is 4.90 Å². The van der Waals surface area contributed by atoms with Crippen LogP contribution in [0, 0.1) is 11.8 Å². The lowest BCUT2D eigenvalue weighted by molar-refractivity contribution is 0.0991. The van der Waals surface area contributed by atoms with Gasteiger partial charge in [0.05, 0.1) is 0 Å². The monoisotopic (exact) mass is 181 g/mol. The molecule has 0 aromatic heterocycles. The van der Waals surface area contributed by atoms with Gasteiger partial charge in [0, 0.05) is 24.8 Å². The third-order valence-corrected chi connectivity index (χ3v) is 2.95. The largest absolute Gasteiger partial charge is 0.306 e. The van der Waals surface area contributed by atoms with Crippen molar-refractivity contribution in [1.29, 1.82) is 0 Å². The van der Waals surface area contributed by atoms with E-state index in [4.69, 9.17) is 23.2 Å². The fraction of sp³-hybridized carbons (Fsp3) is 1.00. The lowest BCUT2D eigenvalue weighted by atomic mass is 9.89. The number of nitrogens with zero attached hydrogens (tertiary/aromatic N) is 1. The zero-order valence-corrected chi connectivity index (χ0v) is 7.70. The fourth-order valence-electron chi connectivity index (χ4n) is 1.34. The number of likely N-dealkylation sites (tertiary alicyclic amines) is 1. The van der Waals surface area contributed by atoms with Crippen LogP contribution in [0.4, 0.5) is 0 Å². The second kappa shape index (κ2) is 3.80. The van der Waals surface area contributed by atoms with Gasteiger partial charge in [0.15, 0.2) is 0 Å². The maximum Gasteiger partial charge on any atom is 0.0266 e. The molecular weight excluding hydrogens is 169 g/mol. The molecule has 0 aromatic carbocycles. The van der Waals surface area contributed by atoms with Gasteiger partial charge in [-0.3, -0.25) is 0 Å². The summed E-state index contributed by atoms with van der Waals surface area (Å²) < 4.78 is 0. The van der Waals surface area contributed by atoms with Crippen molar-refractivity contribution in [2.24, 2.45) is 11.8 Å². The van der Waals surface area contributed by atoms with Gasteiger partial charge in [-0.25, -0.2) is 0 Å². The quantitative estimate of drug-likeness (QED) is 0.599. The summed E-state index contributed by atoms with van der Waals surface area (Å²) in [6.07, 6.45) is 0. The average molecular weight is 182 g/mol. The number of hydrogen-bond acceptors (Lipinski definition) is 1. The molecule has 1 saturated heterocycles. The molecule has 0 bridgehead atoms. The molecule has 0 aromatic rings. The Morgan fingerprint density at radius 1 is 1.40 bits per heavy atom. The van der Waals surface area contributed by atoms with E-state index < -0.39 is 0 Å². The SMILES string of the molecule is CN1CC(C(CCl)CCl)C1. The molecule has 0 radical (unpaired) electrons. The van der Waals surface area contributed by atoms with Crippen LogP contribution in [-0.2, 0) is 0 Å². The maximum atomic E-state index is 5.72. The van der Waals surface area contributed by atoms with E-state index in [-0.39, 0.29) is 0 Å². The Labute approximate surface area is 72.3 Å². The first kappa shape index (κ1) is 8.63. The van der Waals surface area contributed by atoms with Crippen LogP contribution in [0.1, 0.15) is 0 Å². The first-order chi connectivity index (χ1) is 4.77. The van der Waals surface area contributed by atoms with E-state index in [0.717, 1.165) is 5.92 Å². The molecule has 1 fully saturated rings. The molecule has 0 spiro atoms. The molecule has 1 aliphatic heterocycles. The first-order valence-corrected chi connectivity index (χ1v) is 4.65. The molecule has 1 rings (SSSR count). The smallest absolute Gasteiger partial charge is 0.0266 e. The number of hydrogen-bond donors (Lipinski definition) is 0. The summed E-state index contributed by atoms with van der Waals surface area (Å²) in [4.78, 5) is 2.29. The molecule has 0 N–H and O–H groups in total. The number of halogens is 2. The van der Waals surface area contributed by atoms with Crippen molar-refractivity contribution >= 4 is 23.2 Å². The molecule has 1 heterocycles. The lowest BCUT2D eigenvalue weighted by Gasteiger charge is -2.40. The highest BCUT2D eigenvalue weighted by Gasteiger charge is 2.29. The van der Waals surface area contributed by atoms with Crippen LogP contribution in [0.15, 0.2) is 0 Å². The number of alkyl halides is 2. The minimum absolute atomic E-state index is 0.527. The standard InChI is InChI=1S/C7H13Cl2N/c1-10-4-7(5-10)6(2-8)3-9/h6-7H,2-5H2,1H3. The minimum atomic E-state index is 0.527. The van der Waals surface area contributed by atoms with Gasteiger partial charge in [-0.05, 0) is 18.9 Å². The molecule has 0 amide bonds. The second-order valence-corrected chi connectivity index (χ2v) is 3.67. The van der Waals surface area contributed by atoms with E-state index in [1.165, 1.54) is 13.1 Å². The second-order valence-electron chi connectivity index (χ2n) is 3.05. The van der Waals surface area contributed by atoms with Crippen molar-refractivity contribution in [3.8, 4) is 0 Å². The van der Waals surface area contributed by atoms with Crippen LogP contribution >= 0.6 is 23.2 Å². The third kappa shape index (κ3) is 1.77. The number of rotatable bonds is 3. The zero-order valence-electron chi connectivity index (χ0n) is 6.19. The molecular formula is C7H13Cl2N.